The zero-order valence-corrected chi connectivity index (χ0v) is 12.4. The molecule has 7 nitrogen and oxygen atoms in total. The van der Waals surface area contributed by atoms with Gasteiger partial charge in [-0.25, -0.2) is 20.8 Å². The molecule has 108 valence electrons. The Morgan fingerprint density at radius 3 is 2.90 bits per heavy atom. The number of nitrogen functional groups attached to an aromatic ring is 1. The van der Waals surface area contributed by atoms with Crippen molar-refractivity contribution < 1.29 is 0 Å². The third-order valence-corrected chi connectivity index (χ3v) is 4.42. The van der Waals surface area contributed by atoms with E-state index in [-0.39, 0.29) is 12.1 Å². The predicted molar refractivity (Wildman–Crippen MR) is 82.3 cm³/mol. The second-order valence-corrected chi connectivity index (χ2v) is 5.85. The Balaban J connectivity index is 2.12. The van der Waals surface area contributed by atoms with Crippen LogP contribution in [0.25, 0.3) is 10.2 Å². The third kappa shape index (κ3) is 2.39. The minimum absolute atomic E-state index is 0.144. The summed E-state index contributed by atoms with van der Waals surface area (Å²) in [5.41, 5.74) is 3.59. The standard InChI is InChI=1S/C13H14N6OS/c1-7-8(2)21-13-11(7)12(18-14)16-9(17-13)5-19-6-15-4-3-10(19)20/h3-4,6H,5,14H2,1-2H3,(H,16,17,18). The topological polar surface area (TPSA) is 98.7 Å². The molecule has 3 heterocycles. The first kappa shape index (κ1) is 13.7. The molecule has 0 unspecified atom stereocenters. The monoisotopic (exact) mass is 302 g/mol. The van der Waals surface area contributed by atoms with Crippen molar-refractivity contribution in [3.05, 3.63) is 45.2 Å². The second kappa shape index (κ2) is 5.23. The zero-order valence-electron chi connectivity index (χ0n) is 11.6. The average molecular weight is 302 g/mol. The summed E-state index contributed by atoms with van der Waals surface area (Å²) in [6, 6.07) is 1.40. The Kier molecular flexibility index (Phi) is 3.40. The predicted octanol–water partition coefficient (Wildman–Crippen LogP) is 1.20. The van der Waals surface area contributed by atoms with Gasteiger partial charge in [-0.2, -0.15) is 0 Å². The van der Waals surface area contributed by atoms with Crippen LogP contribution in [0.1, 0.15) is 16.3 Å². The fourth-order valence-electron chi connectivity index (χ4n) is 2.12. The van der Waals surface area contributed by atoms with Crippen molar-refractivity contribution in [2.24, 2.45) is 5.84 Å². The van der Waals surface area contributed by atoms with Crippen molar-refractivity contribution in [3.8, 4) is 0 Å². The average Bonchev–Trinajstić information content (AvgIpc) is 2.76. The number of hydrogen-bond acceptors (Lipinski definition) is 7. The van der Waals surface area contributed by atoms with Crippen molar-refractivity contribution in [1.29, 1.82) is 0 Å². The lowest BCUT2D eigenvalue weighted by Gasteiger charge is -2.07. The van der Waals surface area contributed by atoms with Crippen LogP contribution in [-0.2, 0) is 6.54 Å². The summed E-state index contributed by atoms with van der Waals surface area (Å²) in [5.74, 6) is 6.67. The second-order valence-electron chi connectivity index (χ2n) is 4.64. The molecule has 0 fully saturated rings. The van der Waals surface area contributed by atoms with E-state index in [0.717, 1.165) is 15.8 Å². The minimum atomic E-state index is -0.144. The molecule has 3 rings (SSSR count). The van der Waals surface area contributed by atoms with Crippen molar-refractivity contribution in [2.45, 2.75) is 20.4 Å². The molecule has 0 aliphatic heterocycles. The lowest BCUT2D eigenvalue weighted by molar-refractivity contribution is 0.701. The number of aryl methyl sites for hydroxylation is 2. The number of nitrogens with zero attached hydrogens (tertiary/aromatic N) is 4. The van der Waals surface area contributed by atoms with Gasteiger partial charge < -0.3 is 5.43 Å². The summed E-state index contributed by atoms with van der Waals surface area (Å²) in [6.07, 6.45) is 2.93. The number of aromatic nitrogens is 4. The van der Waals surface area contributed by atoms with Crippen molar-refractivity contribution in [2.75, 3.05) is 5.43 Å². The molecule has 21 heavy (non-hydrogen) atoms. The third-order valence-electron chi connectivity index (χ3n) is 3.32. The van der Waals surface area contributed by atoms with E-state index in [0.29, 0.717) is 11.6 Å². The fourth-order valence-corrected chi connectivity index (χ4v) is 3.17. The molecule has 0 aromatic carbocycles. The molecule has 0 radical (unpaired) electrons. The number of fused-ring (bicyclic) bond motifs is 1. The van der Waals surface area contributed by atoms with Gasteiger partial charge in [-0.3, -0.25) is 9.36 Å². The highest BCUT2D eigenvalue weighted by molar-refractivity contribution is 7.18. The van der Waals surface area contributed by atoms with Gasteiger partial charge >= 0.3 is 0 Å². The highest BCUT2D eigenvalue weighted by Crippen LogP contribution is 2.32. The number of nitrogens with one attached hydrogen (secondary N) is 1. The van der Waals surface area contributed by atoms with Gasteiger partial charge in [0.2, 0.25) is 0 Å². The molecule has 0 aliphatic carbocycles. The summed E-state index contributed by atoms with van der Waals surface area (Å²) in [6.45, 7) is 4.31. The quantitative estimate of drug-likeness (QED) is 0.557. The van der Waals surface area contributed by atoms with Crippen LogP contribution >= 0.6 is 11.3 Å². The first-order valence-electron chi connectivity index (χ1n) is 6.34. The fraction of sp³-hybridized carbons (Fsp3) is 0.231. The normalized spacial score (nSPS) is 11.0. The highest BCUT2D eigenvalue weighted by atomic mass is 32.1. The van der Waals surface area contributed by atoms with Crippen LogP contribution in [0.2, 0.25) is 0 Å². The Morgan fingerprint density at radius 2 is 2.19 bits per heavy atom. The molecule has 0 saturated carbocycles. The number of thiophene rings is 1. The molecule has 0 atom stereocenters. The van der Waals surface area contributed by atoms with Crippen LogP contribution in [0.5, 0.6) is 0 Å². The van der Waals surface area contributed by atoms with E-state index >= 15 is 0 Å². The largest absolute Gasteiger partial charge is 0.308 e. The molecular weight excluding hydrogens is 288 g/mol. The van der Waals surface area contributed by atoms with E-state index in [1.165, 1.54) is 28.0 Å². The molecule has 8 heteroatoms. The van der Waals surface area contributed by atoms with E-state index in [4.69, 9.17) is 5.84 Å². The Labute approximate surface area is 124 Å². The van der Waals surface area contributed by atoms with E-state index in [1.54, 1.807) is 11.3 Å². The molecule has 3 aromatic heterocycles. The van der Waals surface area contributed by atoms with Gasteiger partial charge in [0, 0.05) is 17.1 Å². The summed E-state index contributed by atoms with van der Waals surface area (Å²) >= 11 is 1.59. The number of nitrogens with two attached hydrogens (primary N) is 1. The maximum atomic E-state index is 11.7. The van der Waals surface area contributed by atoms with E-state index < -0.39 is 0 Å². The zero-order chi connectivity index (χ0) is 15.0. The Bertz CT molecular complexity index is 869. The number of hydrazine groups is 1. The van der Waals surface area contributed by atoms with Gasteiger partial charge in [-0.1, -0.05) is 0 Å². The smallest absolute Gasteiger partial charge is 0.253 e. The summed E-state index contributed by atoms with van der Waals surface area (Å²) in [4.78, 5) is 26.6. The van der Waals surface area contributed by atoms with E-state index in [1.807, 2.05) is 13.8 Å². The van der Waals surface area contributed by atoms with Gasteiger partial charge in [-0.15, -0.1) is 11.3 Å². The van der Waals surface area contributed by atoms with Gasteiger partial charge in [0.15, 0.2) is 11.6 Å². The molecular formula is C13H14N6OS. The number of anilines is 1. The summed E-state index contributed by atoms with van der Waals surface area (Å²) in [5, 5.41) is 0.933. The minimum Gasteiger partial charge on any atom is -0.308 e. The van der Waals surface area contributed by atoms with Gasteiger partial charge in [0.25, 0.3) is 5.56 Å². The Hall–Kier alpha value is -2.32. The lowest BCUT2D eigenvalue weighted by Crippen LogP contribution is -2.21. The van der Waals surface area contributed by atoms with E-state index in [2.05, 4.69) is 20.4 Å². The molecule has 0 aliphatic rings. The van der Waals surface area contributed by atoms with Crippen LogP contribution in [0, 0.1) is 13.8 Å². The van der Waals surface area contributed by atoms with E-state index in [9.17, 15) is 4.79 Å². The number of rotatable bonds is 3. The van der Waals surface area contributed by atoms with Crippen LogP contribution in [0.4, 0.5) is 5.82 Å². The molecule has 0 saturated heterocycles. The summed E-state index contributed by atoms with van der Waals surface area (Å²) in [7, 11) is 0. The van der Waals surface area contributed by atoms with Gasteiger partial charge in [0.1, 0.15) is 4.83 Å². The molecule has 3 N–H and O–H groups in total. The molecule has 0 bridgehead atoms. The van der Waals surface area contributed by atoms with Crippen LogP contribution < -0.4 is 16.8 Å². The lowest BCUT2D eigenvalue weighted by atomic mass is 10.2. The van der Waals surface area contributed by atoms with Crippen molar-refractivity contribution in [3.63, 3.8) is 0 Å². The maximum Gasteiger partial charge on any atom is 0.253 e. The van der Waals surface area contributed by atoms with Crippen LogP contribution in [0.15, 0.2) is 23.4 Å². The van der Waals surface area contributed by atoms with Gasteiger partial charge in [-0.05, 0) is 19.4 Å². The molecule has 0 spiro atoms. The first-order valence-corrected chi connectivity index (χ1v) is 7.15. The SMILES string of the molecule is Cc1sc2nc(Cn3cnccc3=O)nc(NN)c2c1C. The first-order chi connectivity index (χ1) is 10.1. The number of hydrogen-bond donors (Lipinski definition) is 2. The van der Waals surface area contributed by atoms with Crippen molar-refractivity contribution >= 4 is 27.4 Å². The molecule has 3 aromatic rings. The van der Waals surface area contributed by atoms with Crippen LogP contribution in [0.3, 0.4) is 0 Å². The highest BCUT2D eigenvalue weighted by Gasteiger charge is 2.14. The summed E-state index contributed by atoms with van der Waals surface area (Å²) < 4.78 is 1.45. The van der Waals surface area contributed by atoms with Crippen LogP contribution in [-0.4, -0.2) is 19.5 Å². The Morgan fingerprint density at radius 1 is 1.38 bits per heavy atom. The maximum absolute atomic E-state index is 11.7. The van der Waals surface area contributed by atoms with Crippen molar-refractivity contribution in [1.82, 2.24) is 19.5 Å². The molecule has 0 amide bonds. The van der Waals surface area contributed by atoms with Gasteiger partial charge in [0.05, 0.1) is 18.3 Å².